The number of aliphatic hydroxyl groups is 1. The average molecular weight is 281 g/mol. The maximum atomic E-state index is 12.1. The van der Waals surface area contributed by atoms with Crippen LogP contribution < -0.4 is 0 Å². The highest BCUT2D eigenvalue weighted by molar-refractivity contribution is 5.76. The zero-order valence-electron chi connectivity index (χ0n) is 12.2. The van der Waals surface area contributed by atoms with Crippen molar-refractivity contribution in [2.75, 3.05) is 32.7 Å². The zero-order valence-corrected chi connectivity index (χ0v) is 12.2. The number of piperazine rings is 1. The third-order valence-corrected chi connectivity index (χ3v) is 3.36. The van der Waals surface area contributed by atoms with Crippen LogP contribution in [0.1, 0.15) is 20.3 Å². The molecule has 1 aromatic rings. The van der Waals surface area contributed by atoms with Gasteiger partial charge in [-0.1, -0.05) is 5.21 Å². The summed E-state index contributed by atoms with van der Waals surface area (Å²) in [6, 6.07) is 0. The number of aryl methyl sites for hydroxylation is 1. The number of hydrogen-bond donors (Lipinski definition) is 1. The first kappa shape index (κ1) is 14.9. The summed E-state index contributed by atoms with van der Waals surface area (Å²) in [5.41, 5.74) is -0.681. The third kappa shape index (κ3) is 4.57. The summed E-state index contributed by atoms with van der Waals surface area (Å²) in [6.07, 6.45) is 3.82. The van der Waals surface area contributed by atoms with E-state index in [9.17, 15) is 9.90 Å². The summed E-state index contributed by atoms with van der Waals surface area (Å²) >= 11 is 0. The first-order chi connectivity index (χ1) is 9.44. The van der Waals surface area contributed by atoms with E-state index in [0.717, 1.165) is 26.2 Å². The second kappa shape index (κ2) is 6.32. The normalized spacial score (nSPS) is 17.4. The largest absolute Gasteiger partial charge is 0.389 e. The minimum atomic E-state index is -0.681. The molecule has 1 aromatic heterocycles. The molecule has 0 spiro atoms. The van der Waals surface area contributed by atoms with Gasteiger partial charge >= 0.3 is 0 Å². The number of aromatic nitrogens is 3. The molecule has 1 saturated heterocycles. The highest BCUT2D eigenvalue weighted by atomic mass is 16.3. The van der Waals surface area contributed by atoms with Crippen LogP contribution in [0.15, 0.2) is 12.4 Å². The minimum absolute atomic E-state index is 0.156. The van der Waals surface area contributed by atoms with Crippen molar-refractivity contribution in [3.8, 4) is 0 Å². The van der Waals surface area contributed by atoms with Crippen LogP contribution in [0.2, 0.25) is 0 Å². The lowest BCUT2D eigenvalue weighted by Crippen LogP contribution is -2.52. The van der Waals surface area contributed by atoms with Crippen molar-refractivity contribution in [3.63, 3.8) is 0 Å². The van der Waals surface area contributed by atoms with E-state index >= 15 is 0 Å². The fraction of sp³-hybridized carbons (Fsp3) is 0.769. The SMILES string of the molecule is CC(C)(O)CN1CCN(C(=O)CCn2ccnn2)CC1. The van der Waals surface area contributed by atoms with Gasteiger partial charge in [0.1, 0.15) is 0 Å². The number of amides is 1. The minimum Gasteiger partial charge on any atom is -0.389 e. The second-order valence-electron chi connectivity index (χ2n) is 5.89. The molecule has 0 radical (unpaired) electrons. The molecule has 1 N–H and O–H groups in total. The lowest BCUT2D eigenvalue weighted by atomic mass is 10.1. The Labute approximate surface area is 119 Å². The highest BCUT2D eigenvalue weighted by Crippen LogP contribution is 2.09. The van der Waals surface area contributed by atoms with Crippen molar-refractivity contribution in [1.82, 2.24) is 24.8 Å². The van der Waals surface area contributed by atoms with E-state index in [1.165, 1.54) is 0 Å². The van der Waals surface area contributed by atoms with Crippen molar-refractivity contribution >= 4 is 5.91 Å². The van der Waals surface area contributed by atoms with Crippen LogP contribution in [0.3, 0.4) is 0 Å². The molecule has 0 atom stereocenters. The second-order valence-corrected chi connectivity index (χ2v) is 5.89. The topological polar surface area (TPSA) is 74.5 Å². The molecule has 1 aliphatic heterocycles. The van der Waals surface area contributed by atoms with E-state index in [4.69, 9.17) is 0 Å². The lowest BCUT2D eigenvalue weighted by Gasteiger charge is -2.37. The van der Waals surface area contributed by atoms with E-state index in [0.29, 0.717) is 19.5 Å². The van der Waals surface area contributed by atoms with Crippen LogP contribution in [-0.2, 0) is 11.3 Å². The predicted octanol–water partition coefficient (Wildman–Crippen LogP) is -0.417. The number of rotatable bonds is 5. The molecular weight excluding hydrogens is 258 g/mol. The van der Waals surface area contributed by atoms with Crippen LogP contribution in [0.25, 0.3) is 0 Å². The molecular formula is C13H23N5O2. The first-order valence-electron chi connectivity index (χ1n) is 7.01. The molecule has 2 heterocycles. The molecule has 1 aliphatic rings. The van der Waals surface area contributed by atoms with Crippen LogP contribution in [0.5, 0.6) is 0 Å². The molecule has 0 aliphatic carbocycles. The van der Waals surface area contributed by atoms with Crippen molar-refractivity contribution in [2.45, 2.75) is 32.4 Å². The average Bonchev–Trinajstić information content (AvgIpc) is 2.88. The highest BCUT2D eigenvalue weighted by Gasteiger charge is 2.24. The smallest absolute Gasteiger partial charge is 0.224 e. The van der Waals surface area contributed by atoms with E-state index in [2.05, 4.69) is 15.2 Å². The monoisotopic (exact) mass is 281 g/mol. The maximum absolute atomic E-state index is 12.1. The molecule has 0 aromatic carbocycles. The molecule has 7 heteroatoms. The Balaban J connectivity index is 1.71. The van der Waals surface area contributed by atoms with Crippen LogP contribution in [-0.4, -0.2) is 74.1 Å². The summed E-state index contributed by atoms with van der Waals surface area (Å²) in [5, 5.41) is 17.4. The lowest BCUT2D eigenvalue weighted by molar-refractivity contribution is -0.133. The predicted molar refractivity (Wildman–Crippen MR) is 74.0 cm³/mol. The van der Waals surface area contributed by atoms with Gasteiger partial charge in [-0.05, 0) is 13.8 Å². The van der Waals surface area contributed by atoms with Crippen LogP contribution >= 0.6 is 0 Å². The third-order valence-electron chi connectivity index (χ3n) is 3.36. The standard InChI is InChI=1S/C13H23N5O2/c1-13(2,20)11-16-7-9-17(10-8-16)12(19)3-5-18-6-4-14-15-18/h4,6,20H,3,5,7-11H2,1-2H3. The Morgan fingerprint density at radius 2 is 2.00 bits per heavy atom. The summed E-state index contributed by atoms with van der Waals surface area (Å²) in [6.45, 7) is 7.93. The maximum Gasteiger partial charge on any atom is 0.224 e. The molecule has 0 bridgehead atoms. The van der Waals surface area contributed by atoms with Gasteiger partial charge in [0.25, 0.3) is 0 Å². The van der Waals surface area contributed by atoms with Crippen molar-refractivity contribution in [2.24, 2.45) is 0 Å². The van der Waals surface area contributed by atoms with Gasteiger partial charge in [-0.3, -0.25) is 14.4 Å². The van der Waals surface area contributed by atoms with Crippen molar-refractivity contribution in [1.29, 1.82) is 0 Å². The van der Waals surface area contributed by atoms with E-state index in [-0.39, 0.29) is 5.91 Å². The Morgan fingerprint density at radius 1 is 1.30 bits per heavy atom. The van der Waals surface area contributed by atoms with Crippen LogP contribution in [0, 0.1) is 0 Å². The quantitative estimate of drug-likeness (QED) is 0.794. The number of hydrogen-bond acceptors (Lipinski definition) is 5. The van der Waals surface area contributed by atoms with Crippen LogP contribution in [0.4, 0.5) is 0 Å². The number of carbonyl (C=O) groups excluding carboxylic acids is 1. The summed E-state index contributed by atoms with van der Waals surface area (Å²) in [4.78, 5) is 16.2. The Kier molecular flexibility index (Phi) is 4.72. The summed E-state index contributed by atoms with van der Waals surface area (Å²) in [7, 11) is 0. The molecule has 1 fully saturated rings. The van der Waals surface area contributed by atoms with Gasteiger partial charge < -0.3 is 10.0 Å². The zero-order chi connectivity index (χ0) is 14.6. The molecule has 0 unspecified atom stereocenters. The van der Waals surface area contributed by atoms with Crippen molar-refractivity contribution in [3.05, 3.63) is 12.4 Å². The van der Waals surface area contributed by atoms with Gasteiger partial charge in [-0.2, -0.15) is 0 Å². The van der Waals surface area contributed by atoms with Gasteiger partial charge in [0, 0.05) is 45.3 Å². The van der Waals surface area contributed by atoms with Gasteiger partial charge in [0.15, 0.2) is 0 Å². The number of β-amino-alcohol motifs (C(OH)–C–C–N with tert-alkyl or cyclic N) is 1. The summed E-state index contributed by atoms with van der Waals surface area (Å²) in [5.74, 6) is 0.156. The van der Waals surface area contributed by atoms with Gasteiger partial charge in [-0.15, -0.1) is 5.10 Å². The first-order valence-corrected chi connectivity index (χ1v) is 7.01. The van der Waals surface area contributed by atoms with Crippen molar-refractivity contribution < 1.29 is 9.90 Å². The fourth-order valence-electron chi connectivity index (χ4n) is 2.42. The van der Waals surface area contributed by atoms with Gasteiger partial charge in [-0.25, -0.2) is 0 Å². The van der Waals surface area contributed by atoms with E-state index < -0.39 is 5.60 Å². The molecule has 1 amide bonds. The fourth-order valence-corrected chi connectivity index (χ4v) is 2.42. The van der Waals surface area contributed by atoms with Gasteiger partial charge in [0.2, 0.25) is 5.91 Å². The molecule has 0 saturated carbocycles. The number of nitrogens with zero attached hydrogens (tertiary/aromatic N) is 5. The Hall–Kier alpha value is -1.47. The molecule has 20 heavy (non-hydrogen) atoms. The Bertz CT molecular complexity index is 418. The Morgan fingerprint density at radius 3 is 2.55 bits per heavy atom. The number of carbonyl (C=O) groups is 1. The molecule has 112 valence electrons. The van der Waals surface area contributed by atoms with Gasteiger partial charge in [0.05, 0.1) is 18.3 Å². The molecule has 2 rings (SSSR count). The molecule has 7 nitrogen and oxygen atoms in total. The van der Waals surface area contributed by atoms with E-state index in [1.54, 1.807) is 17.1 Å². The van der Waals surface area contributed by atoms with E-state index in [1.807, 2.05) is 18.7 Å². The summed E-state index contributed by atoms with van der Waals surface area (Å²) < 4.78 is 1.67.